The fourth-order valence-electron chi connectivity index (χ4n) is 3.68. The molecule has 4 heteroatoms. The van der Waals surface area contributed by atoms with Gasteiger partial charge >= 0.3 is 0 Å². The van der Waals surface area contributed by atoms with E-state index in [2.05, 4.69) is 27.7 Å². The fraction of sp³-hybridized carbons (Fsp3) is 0.720. The van der Waals surface area contributed by atoms with Crippen LogP contribution in [0.5, 0.6) is 0 Å². The minimum Gasteiger partial charge on any atom is -0.545 e. The summed E-state index contributed by atoms with van der Waals surface area (Å²) < 4.78 is 1.42. The zero-order chi connectivity index (χ0) is 22.1. The Balaban J connectivity index is 0.000000571. The molecule has 0 bridgehead atoms. The summed E-state index contributed by atoms with van der Waals surface area (Å²) in [5.41, 5.74) is 0.889. The van der Waals surface area contributed by atoms with Gasteiger partial charge in [0.25, 0.3) is 0 Å². The van der Waals surface area contributed by atoms with Gasteiger partial charge in [-0.2, -0.15) is 0 Å². The molecule has 0 aliphatic carbocycles. The van der Waals surface area contributed by atoms with Crippen LogP contribution in [0.4, 0.5) is 5.69 Å². The van der Waals surface area contributed by atoms with Crippen LogP contribution in [0.15, 0.2) is 24.3 Å². The summed E-state index contributed by atoms with van der Waals surface area (Å²) in [5, 5.41) is 10.6. The molecule has 0 aliphatic heterocycles. The van der Waals surface area contributed by atoms with Crippen LogP contribution < -0.4 is 10.0 Å². The molecule has 1 aromatic carbocycles. The smallest absolute Gasteiger partial charge is 0.0786 e. The Kier molecular flexibility index (Phi) is 15.4. The van der Waals surface area contributed by atoms with Crippen LogP contribution in [0.3, 0.4) is 0 Å². The molecule has 1 rings (SSSR count). The van der Waals surface area contributed by atoms with Gasteiger partial charge in [-0.25, -0.2) is 0 Å². The average molecular weight is 407 g/mol. The second-order valence-corrected chi connectivity index (χ2v) is 8.35. The maximum Gasteiger partial charge on any atom is 0.0786 e. The van der Waals surface area contributed by atoms with Crippen molar-refractivity contribution in [3.63, 3.8) is 0 Å². The highest BCUT2D eigenvalue weighted by atomic mass is 16.4. The van der Waals surface area contributed by atoms with Crippen molar-refractivity contribution < 1.29 is 14.4 Å². The SMILES string of the molecule is CCCC[N+](CCCC)(CCCC)CCCC.CN(C)c1ccccc1C(=O)[O-]. The molecule has 0 aromatic heterocycles. The first-order chi connectivity index (χ1) is 13.9. The van der Waals surface area contributed by atoms with Gasteiger partial charge in [0.15, 0.2) is 0 Å². The quantitative estimate of drug-likeness (QED) is 0.403. The number of benzene rings is 1. The lowest BCUT2D eigenvalue weighted by molar-refractivity contribution is -0.929. The first kappa shape index (κ1) is 27.5. The Bertz CT molecular complexity index is 506. The van der Waals surface area contributed by atoms with E-state index in [4.69, 9.17) is 0 Å². The maximum absolute atomic E-state index is 10.6. The third-order valence-corrected chi connectivity index (χ3v) is 5.55. The lowest BCUT2D eigenvalue weighted by Crippen LogP contribution is -2.50. The first-order valence-corrected chi connectivity index (χ1v) is 11.7. The predicted octanol–water partition coefficient (Wildman–Crippen LogP) is 5.12. The van der Waals surface area contributed by atoms with Crippen LogP contribution in [-0.4, -0.2) is 50.7 Å². The molecule has 168 valence electrons. The highest BCUT2D eigenvalue weighted by Crippen LogP contribution is 2.17. The third kappa shape index (κ3) is 11.3. The molecular weight excluding hydrogens is 360 g/mol. The van der Waals surface area contributed by atoms with Gasteiger partial charge in [0, 0.05) is 25.3 Å². The summed E-state index contributed by atoms with van der Waals surface area (Å²) in [6, 6.07) is 6.75. The molecule has 0 spiro atoms. The Morgan fingerprint density at radius 1 is 0.793 bits per heavy atom. The van der Waals surface area contributed by atoms with Crippen LogP contribution in [0.2, 0.25) is 0 Å². The van der Waals surface area contributed by atoms with Crippen molar-refractivity contribution in [1.82, 2.24) is 0 Å². The number of carbonyl (C=O) groups excluding carboxylic acids is 1. The van der Waals surface area contributed by atoms with Crippen LogP contribution in [-0.2, 0) is 0 Å². The number of carbonyl (C=O) groups is 1. The number of anilines is 1. The van der Waals surface area contributed by atoms with Gasteiger partial charge in [-0.15, -0.1) is 0 Å². The van der Waals surface area contributed by atoms with Gasteiger partial charge in [0.2, 0.25) is 0 Å². The van der Waals surface area contributed by atoms with Crippen molar-refractivity contribution in [2.24, 2.45) is 0 Å². The van der Waals surface area contributed by atoms with E-state index in [-0.39, 0.29) is 5.56 Å². The van der Waals surface area contributed by atoms with Crippen molar-refractivity contribution in [1.29, 1.82) is 0 Å². The van der Waals surface area contributed by atoms with Crippen LogP contribution in [0.25, 0.3) is 0 Å². The number of carboxylic acids is 1. The molecule has 0 radical (unpaired) electrons. The summed E-state index contributed by atoms with van der Waals surface area (Å²) in [4.78, 5) is 12.3. The van der Waals surface area contributed by atoms with E-state index >= 15 is 0 Å². The van der Waals surface area contributed by atoms with Gasteiger partial charge in [-0.05, 0) is 31.7 Å². The summed E-state index contributed by atoms with van der Waals surface area (Å²) in [7, 11) is 3.59. The number of carboxylic acid groups (broad SMARTS) is 1. The summed E-state index contributed by atoms with van der Waals surface area (Å²) in [6.45, 7) is 15.0. The number of quaternary nitrogens is 1. The summed E-state index contributed by atoms with van der Waals surface area (Å²) >= 11 is 0. The van der Waals surface area contributed by atoms with Gasteiger partial charge in [-0.1, -0.05) is 71.6 Å². The minimum absolute atomic E-state index is 0.225. The van der Waals surface area contributed by atoms with E-state index in [1.165, 1.54) is 88.1 Å². The van der Waals surface area contributed by atoms with E-state index in [1.54, 1.807) is 37.2 Å². The van der Waals surface area contributed by atoms with E-state index in [9.17, 15) is 9.90 Å². The van der Waals surface area contributed by atoms with Crippen molar-refractivity contribution in [2.75, 3.05) is 45.2 Å². The van der Waals surface area contributed by atoms with Crippen molar-refractivity contribution in [2.45, 2.75) is 79.1 Å². The lowest BCUT2D eigenvalue weighted by Gasteiger charge is -2.39. The Labute approximate surface area is 180 Å². The maximum atomic E-state index is 10.6. The largest absolute Gasteiger partial charge is 0.545 e. The van der Waals surface area contributed by atoms with Gasteiger partial charge in [0.05, 0.1) is 32.1 Å². The molecule has 0 saturated carbocycles. The molecule has 0 atom stereocenters. The summed E-state index contributed by atoms with van der Waals surface area (Å²) in [5.74, 6) is -1.14. The topological polar surface area (TPSA) is 43.4 Å². The molecule has 29 heavy (non-hydrogen) atoms. The minimum atomic E-state index is -1.14. The molecule has 0 heterocycles. The van der Waals surface area contributed by atoms with E-state index in [0.717, 1.165) is 0 Å². The van der Waals surface area contributed by atoms with Gasteiger partial charge < -0.3 is 19.3 Å². The lowest BCUT2D eigenvalue weighted by atomic mass is 10.1. The predicted molar refractivity (Wildman–Crippen MR) is 124 cm³/mol. The number of rotatable bonds is 14. The van der Waals surface area contributed by atoms with Crippen molar-refractivity contribution in [3.05, 3.63) is 29.8 Å². The van der Waals surface area contributed by atoms with Crippen molar-refractivity contribution >= 4 is 11.7 Å². The number of hydrogen-bond acceptors (Lipinski definition) is 3. The fourth-order valence-corrected chi connectivity index (χ4v) is 3.68. The number of aromatic carboxylic acids is 1. The molecule has 0 amide bonds. The standard InChI is InChI=1S/C16H36N.C9H11NO2/c1-5-9-13-17(14-10-6-2,15-11-7-3)16-12-8-4;1-10(2)8-6-4-3-5-7(8)9(11)12/h5-16H2,1-4H3;3-6H,1-2H3,(H,11,12)/q+1;/p-1. The molecule has 0 saturated heterocycles. The average Bonchev–Trinajstić information content (AvgIpc) is 2.73. The van der Waals surface area contributed by atoms with Gasteiger partial charge in [0.1, 0.15) is 0 Å². The number of nitrogens with zero attached hydrogens (tertiary/aromatic N) is 2. The molecule has 0 unspecified atom stereocenters. The van der Waals surface area contributed by atoms with E-state index in [0.29, 0.717) is 5.69 Å². The molecule has 1 aromatic rings. The number of para-hydroxylation sites is 1. The zero-order valence-electron chi connectivity index (χ0n) is 20.0. The normalized spacial score (nSPS) is 11.0. The van der Waals surface area contributed by atoms with Gasteiger partial charge in [-0.3, -0.25) is 0 Å². The second kappa shape index (κ2) is 16.3. The molecule has 0 aliphatic rings. The third-order valence-electron chi connectivity index (χ3n) is 5.55. The molecule has 0 N–H and O–H groups in total. The van der Waals surface area contributed by atoms with Crippen LogP contribution >= 0.6 is 0 Å². The highest BCUT2D eigenvalue weighted by Gasteiger charge is 2.24. The highest BCUT2D eigenvalue weighted by molar-refractivity contribution is 5.92. The molecule has 0 fully saturated rings. The molecular formula is C25H46N2O2. The van der Waals surface area contributed by atoms with Crippen LogP contribution in [0, 0.1) is 0 Å². The number of hydrogen-bond donors (Lipinski definition) is 0. The monoisotopic (exact) mass is 406 g/mol. The number of unbranched alkanes of at least 4 members (excludes halogenated alkanes) is 4. The zero-order valence-corrected chi connectivity index (χ0v) is 20.0. The first-order valence-electron chi connectivity index (χ1n) is 11.7. The summed E-state index contributed by atoms with van der Waals surface area (Å²) in [6.07, 6.45) is 11.1. The second-order valence-electron chi connectivity index (χ2n) is 8.35. The Morgan fingerprint density at radius 2 is 1.17 bits per heavy atom. The molecule has 4 nitrogen and oxygen atoms in total. The van der Waals surface area contributed by atoms with E-state index in [1.807, 2.05) is 0 Å². The van der Waals surface area contributed by atoms with Crippen LogP contribution in [0.1, 0.15) is 89.4 Å². The van der Waals surface area contributed by atoms with Crippen molar-refractivity contribution in [3.8, 4) is 0 Å². The van der Waals surface area contributed by atoms with E-state index < -0.39 is 5.97 Å². The Hall–Kier alpha value is -1.55. The Morgan fingerprint density at radius 3 is 1.45 bits per heavy atom.